The summed E-state index contributed by atoms with van der Waals surface area (Å²) in [6.45, 7) is 0. The van der Waals surface area contributed by atoms with Crippen molar-refractivity contribution in [2.75, 3.05) is 0 Å². The summed E-state index contributed by atoms with van der Waals surface area (Å²) in [5.74, 6) is 0. The van der Waals surface area contributed by atoms with Crippen molar-refractivity contribution in [3.63, 3.8) is 0 Å². The molecular weight excluding hydrogens is 745 g/mol. The minimum atomic E-state index is -2.88. The van der Waals surface area contributed by atoms with E-state index in [1.165, 1.54) is 38.5 Å². The molecule has 2 aliphatic rings. The molecule has 284 valence electrons. The zero-order valence-electron chi connectivity index (χ0n) is 31.8. The van der Waals surface area contributed by atoms with Gasteiger partial charge in [0.15, 0.2) is 0 Å². The molecule has 0 bridgehead atoms. The Morgan fingerprint density at radius 2 is 0.455 bits per heavy atom. The number of hydrogen-bond donors (Lipinski definition) is 4. The van der Waals surface area contributed by atoms with Gasteiger partial charge in [-0.05, 0) is 56.8 Å². The molecule has 0 amide bonds. The van der Waals surface area contributed by atoms with Gasteiger partial charge in [-0.25, -0.2) is 0 Å². The molecule has 6 aromatic rings. The molecule has 0 spiro atoms. The van der Waals surface area contributed by atoms with Crippen molar-refractivity contribution in [3.05, 3.63) is 182 Å². The van der Waals surface area contributed by atoms with Gasteiger partial charge in [0.2, 0.25) is 0 Å². The number of benzene rings is 6. The number of rotatable bonds is 6. The molecule has 6 aromatic carbocycles. The Morgan fingerprint density at radius 1 is 0.291 bits per heavy atom. The Labute approximate surface area is 345 Å². The fourth-order valence-corrected chi connectivity index (χ4v) is 13.3. The average Bonchev–Trinajstić information content (AvgIpc) is 3.26. The average molecular weight is 801 g/mol. The molecule has 0 saturated heterocycles. The predicted octanol–water partition coefficient (Wildman–Crippen LogP) is 5.91. The van der Waals surface area contributed by atoms with Crippen LogP contribution in [0.4, 0.5) is 0 Å². The van der Waals surface area contributed by atoms with Crippen LogP contribution in [0.5, 0.6) is 0 Å². The first kappa shape index (κ1) is 44.0. The van der Waals surface area contributed by atoms with Crippen molar-refractivity contribution in [1.82, 2.24) is 0 Å². The molecule has 7 heteroatoms. The van der Waals surface area contributed by atoms with E-state index in [1.54, 1.807) is 0 Å². The Balaban J connectivity index is 0.000000180. The molecule has 55 heavy (non-hydrogen) atoms. The van der Waals surface area contributed by atoms with Crippen LogP contribution < -0.4 is 31.1 Å². The van der Waals surface area contributed by atoms with Crippen molar-refractivity contribution in [1.29, 1.82) is 0 Å². The first-order valence-electron chi connectivity index (χ1n) is 19.6. The Kier molecular flexibility index (Phi) is 18.7. The molecule has 2 fully saturated rings. The molecule has 0 heterocycles. The van der Waals surface area contributed by atoms with Crippen LogP contribution in [-0.2, 0) is 21.7 Å². The second kappa shape index (κ2) is 23.4. The van der Waals surface area contributed by atoms with Gasteiger partial charge in [-0.3, -0.25) is 0 Å². The molecule has 0 unspecified atom stereocenters. The van der Waals surface area contributed by atoms with E-state index in [2.05, 4.69) is 0 Å². The summed E-state index contributed by atoms with van der Waals surface area (Å²) in [4.78, 5) is 23.1. The Morgan fingerprint density at radius 3 is 0.582 bits per heavy atom. The molecule has 0 atom stereocenters. The van der Waals surface area contributed by atoms with Crippen LogP contribution in [0.2, 0.25) is 0 Å². The van der Waals surface area contributed by atoms with Gasteiger partial charge in [0.25, 0.3) is 16.6 Å². The summed E-state index contributed by atoms with van der Waals surface area (Å²) in [6.07, 6.45) is 11.8. The zero-order chi connectivity index (χ0) is 37.9. The van der Waals surface area contributed by atoms with Gasteiger partial charge >= 0.3 is 0 Å². The maximum atomic E-state index is 11.6. The molecule has 4 nitrogen and oxygen atoms in total. The monoisotopic (exact) mass is 800 g/mol. The van der Waals surface area contributed by atoms with E-state index in [0.717, 1.165) is 56.8 Å². The minimum Gasteiger partial charge on any atom is -0.421 e. The Bertz CT molecular complexity index is 1520. The van der Waals surface area contributed by atoms with Crippen LogP contribution in [-0.4, -0.2) is 48.6 Å². The maximum absolute atomic E-state index is 11.6. The van der Waals surface area contributed by atoms with Crippen LogP contribution in [0.25, 0.3) is 0 Å². The maximum Gasteiger partial charge on any atom is 0.285 e. The second-order valence-electron chi connectivity index (χ2n) is 14.2. The van der Waals surface area contributed by atoms with Crippen molar-refractivity contribution in [2.24, 2.45) is 0 Å². The zero-order valence-corrected chi connectivity index (χ0v) is 35.4. The number of hydrogen-bond acceptors (Lipinski definition) is 4. The second-order valence-corrected chi connectivity index (χ2v) is 20.5. The summed E-state index contributed by atoms with van der Waals surface area (Å²) < 4.78 is 0. The molecule has 2 saturated carbocycles. The minimum absolute atomic E-state index is 0. The predicted molar refractivity (Wildman–Crippen MR) is 231 cm³/mol. The number of aliphatic hydroxyl groups excluding tert-OH is 2. The van der Waals surface area contributed by atoms with Gasteiger partial charge in [-0.15, -0.1) is 0 Å². The van der Waals surface area contributed by atoms with E-state index >= 15 is 0 Å². The fourth-order valence-electron chi connectivity index (χ4n) is 7.24. The number of aliphatic hydroxyl groups is 2. The SMILES string of the molecule is OC1CCCCC1.OC1CCCCC1.O[Si](c1ccccc1)(c1ccccc1)c1ccccc1.O[Si](c1ccccc1)(c1ccccc1)c1ccccc1.[Ti]. The topological polar surface area (TPSA) is 80.9 Å². The molecule has 4 N–H and O–H groups in total. The van der Waals surface area contributed by atoms with Crippen LogP contribution >= 0.6 is 0 Å². The summed E-state index contributed by atoms with van der Waals surface area (Å²) in [5, 5.41) is 23.9. The summed E-state index contributed by atoms with van der Waals surface area (Å²) in [6, 6.07) is 59.9. The van der Waals surface area contributed by atoms with E-state index in [9.17, 15) is 9.59 Å². The third-order valence-electron chi connectivity index (χ3n) is 10.3. The van der Waals surface area contributed by atoms with Gasteiger partial charge in [0, 0.05) is 21.7 Å². The molecule has 0 aromatic heterocycles. The van der Waals surface area contributed by atoms with Crippen LogP contribution in [0.1, 0.15) is 64.2 Å². The summed E-state index contributed by atoms with van der Waals surface area (Å²) >= 11 is 0. The first-order valence-corrected chi connectivity index (χ1v) is 23.5. The van der Waals surface area contributed by atoms with E-state index < -0.39 is 16.6 Å². The molecular formula is C48H56O4Si2Ti. The largest absolute Gasteiger partial charge is 0.421 e. The van der Waals surface area contributed by atoms with Gasteiger partial charge in [0.1, 0.15) is 0 Å². The summed E-state index contributed by atoms with van der Waals surface area (Å²) in [7, 11) is -5.76. The quantitative estimate of drug-likeness (QED) is 0.125. The van der Waals surface area contributed by atoms with E-state index in [1.807, 2.05) is 182 Å². The normalized spacial score (nSPS) is 14.6. The van der Waals surface area contributed by atoms with Crippen LogP contribution in [0, 0.1) is 0 Å². The van der Waals surface area contributed by atoms with Crippen LogP contribution in [0.3, 0.4) is 0 Å². The molecule has 0 aliphatic heterocycles. The first-order chi connectivity index (χ1) is 26.4. The van der Waals surface area contributed by atoms with Crippen molar-refractivity contribution >= 4 is 47.8 Å². The standard InChI is InChI=1S/2C18H16OSi.2C6H12O.Ti/c2*19-20(16-10-4-1-5-11-16,17-12-6-2-7-13-17)18-14-8-3-9-15-18;2*7-6-4-2-1-3-5-6;/h2*1-15,19H;2*6-7H,1-5H2;. The van der Waals surface area contributed by atoms with E-state index in [-0.39, 0.29) is 33.9 Å². The third kappa shape index (κ3) is 12.7. The molecule has 0 radical (unpaired) electrons. The van der Waals surface area contributed by atoms with Crippen LogP contribution in [0.15, 0.2) is 182 Å². The van der Waals surface area contributed by atoms with Gasteiger partial charge < -0.3 is 19.8 Å². The van der Waals surface area contributed by atoms with Gasteiger partial charge in [-0.2, -0.15) is 0 Å². The van der Waals surface area contributed by atoms with Gasteiger partial charge in [-0.1, -0.05) is 221 Å². The smallest absolute Gasteiger partial charge is 0.285 e. The molecule has 2 aliphatic carbocycles. The van der Waals surface area contributed by atoms with E-state index in [0.29, 0.717) is 0 Å². The molecule has 8 rings (SSSR count). The summed E-state index contributed by atoms with van der Waals surface area (Å²) in [5.41, 5.74) is 0. The van der Waals surface area contributed by atoms with E-state index in [4.69, 9.17) is 10.2 Å². The van der Waals surface area contributed by atoms with Crippen molar-refractivity contribution < 1.29 is 41.5 Å². The van der Waals surface area contributed by atoms with Gasteiger partial charge in [0.05, 0.1) is 12.2 Å². The van der Waals surface area contributed by atoms with Crippen molar-refractivity contribution in [3.8, 4) is 0 Å². The third-order valence-corrected chi connectivity index (χ3v) is 17.3. The van der Waals surface area contributed by atoms with Crippen molar-refractivity contribution in [2.45, 2.75) is 76.4 Å². The fraction of sp³-hybridized carbons (Fsp3) is 0.250. The Hall–Kier alpha value is -3.69.